The van der Waals surface area contributed by atoms with Gasteiger partial charge in [-0.1, -0.05) is 12.1 Å². The van der Waals surface area contributed by atoms with Crippen molar-refractivity contribution in [2.24, 2.45) is 0 Å². The summed E-state index contributed by atoms with van der Waals surface area (Å²) in [5.41, 5.74) is 3.15. The minimum absolute atomic E-state index is 0.502. The Kier molecular flexibility index (Phi) is 3.25. The van der Waals surface area contributed by atoms with Gasteiger partial charge in [0, 0.05) is 23.7 Å². The maximum absolute atomic E-state index is 5.42. The first-order valence-electron chi connectivity index (χ1n) is 6.70. The number of nitrogens with zero attached hydrogens (tertiary/aromatic N) is 1. The fourth-order valence-corrected chi connectivity index (χ4v) is 2.67. The van der Waals surface area contributed by atoms with E-state index in [9.17, 15) is 0 Å². The molecule has 4 heteroatoms. The second-order valence-corrected chi connectivity index (χ2v) is 4.99. The number of hydrogen-bond acceptors (Lipinski definition) is 3. The molecule has 0 amide bonds. The van der Waals surface area contributed by atoms with E-state index in [1.807, 2.05) is 18.2 Å². The van der Waals surface area contributed by atoms with Gasteiger partial charge in [0.15, 0.2) is 0 Å². The molecule has 1 aromatic carbocycles. The molecule has 1 aliphatic rings. The first-order valence-corrected chi connectivity index (χ1v) is 6.70. The zero-order valence-corrected chi connectivity index (χ0v) is 11.4. The van der Waals surface area contributed by atoms with E-state index in [4.69, 9.17) is 9.72 Å². The number of hydrogen-bond donors (Lipinski definition) is 2. The largest absolute Gasteiger partial charge is 0.496 e. The van der Waals surface area contributed by atoms with Crippen LogP contribution in [0.3, 0.4) is 0 Å². The van der Waals surface area contributed by atoms with E-state index in [2.05, 4.69) is 23.3 Å². The highest BCUT2D eigenvalue weighted by atomic mass is 16.5. The van der Waals surface area contributed by atoms with E-state index in [0.29, 0.717) is 5.92 Å². The van der Waals surface area contributed by atoms with Gasteiger partial charge in [0.1, 0.15) is 11.6 Å². The number of methoxy groups -OCH3 is 1. The summed E-state index contributed by atoms with van der Waals surface area (Å²) < 4.78 is 5.42. The number of nitrogens with one attached hydrogen (secondary N) is 2. The topological polar surface area (TPSA) is 49.9 Å². The lowest BCUT2D eigenvalue weighted by Crippen LogP contribution is -2.08. The number of H-pyrrole nitrogens is 1. The SMILES string of the molecule is COc1ccccc1-c1nc(C2CCNC2)[nH]c1C. The number of ether oxygens (including phenoxy) is 1. The van der Waals surface area contributed by atoms with Crippen molar-refractivity contribution in [1.29, 1.82) is 0 Å². The average Bonchev–Trinajstić information content (AvgIpc) is 3.07. The van der Waals surface area contributed by atoms with Crippen LogP contribution in [0.2, 0.25) is 0 Å². The number of aromatic nitrogens is 2. The van der Waals surface area contributed by atoms with Gasteiger partial charge < -0.3 is 15.0 Å². The van der Waals surface area contributed by atoms with Gasteiger partial charge in [-0.25, -0.2) is 4.98 Å². The number of aromatic amines is 1. The number of imidazole rings is 1. The van der Waals surface area contributed by atoms with E-state index >= 15 is 0 Å². The lowest BCUT2D eigenvalue weighted by molar-refractivity contribution is 0.416. The summed E-state index contributed by atoms with van der Waals surface area (Å²) in [6, 6.07) is 8.02. The molecule has 2 aromatic rings. The highest BCUT2D eigenvalue weighted by molar-refractivity contribution is 5.69. The molecule has 1 unspecified atom stereocenters. The molecule has 3 rings (SSSR count). The summed E-state index contributed by atoms with van der Waals surface area (Å²) in [5, 5.41) is 3.38. The van der Waals surface area contributed by atoms with Gasteiger partial charge in [-0.15, -0.1) is 0 Å². The van der Waals surface area contributed by atoms with Crippen molar-refractivity contribution in [3.63, 3.8) is 0 Å². The Morgan fingerprint density at radius 2 is 2.16 bits per heavy atom. The second kappa shape index (κ2) is 5.05. The van der Waals surface area contributed by atoms with Crippen molar-refractivity contribution in [3.8, 4) is 17.0 Å². The van der Waals surface area contributed by atoms with E-state index in [0.717, 1.165) is 48.0 Å². The highest BCUT2D eigenvalue weighted by Gasteiger charge is 2.22. The predicted octanol–water partition coefficient (Wildman–Crippen LogP) is 2.47. The number of para-hydroxylation sites is 1. The van der Waals surface area contributed by atoms with Gasteiger partial charge in [-0.2, -0.15) is 0 Å². The average molecular weight is 257 g/mol. The second-order valence-electron chi connectivity index (χ2n) is 4.99. The molecule has 19 heavy (non-hydrogen) atoms. The molecule has 1 saturated heterocycles. The number of aryl methyl sites for hydroxylation is 1. The van der Waals surface area contributed by atoms with Crippen LogP contribution in [-0.2, 0) is 0 Å². The predicted molar refractivity (Wildman–Crippen MR) is 75.5 cm³/mol. The molecule has 2 N–H and O–H groups in total. The lowest BCUT2D eigenvalue weighted by Gasteiger charge is -2.06. The Morgan fingerprint density at radius 3 is 2.89 bits per heavy atom. The minimum atomic E-state index is 0.502. The quantitative estimate of drug-likeness (QED) is 0.888. The molecular weight excluding hydrogens is 238 g/mol. The van der Waals surface area contributed by atoms with Crippen LogP contribution in [0.15, 0.2) is 24.3 Å². The van der Waals surface area contributed by atoms with Crippen molar-refractivity contribution < 1.29 is 4.74 Å². The van der Waals surface area contributed by atoms with Gasteiger partial charge >= 0.3 is 0 Å². The summed E-state index contributed by atoms with van der Waals surface area (Å²) in [6.45, 7) is 4.16. The molecule has 1 atom stereocenters. The fraction of sp³-hybridized carbons (Fsp3) is 0.400. The van der Waals surface area contributed by atoms with Crippen molar-refractivity contribution in [2.75, 3.05) is 20.2 Å². The van der Waals surface area contributed by atoms with Crippen LogP contribution in [0.1, 0.15) is 23.9 Å². The van der Waals surface area contributed by atoms with Crippen LogP contribution in [0.5, 0.6) is 5.75 Å². The monoisotopic (exact) mass is 257 g/mol. The van der Waals surface area contributed by atoms with Crippen LogP contribution in [-0.4, -0.2) is 30.2 Å². The van der Waals surface area contributed by atoms with Crippen LogP contribution >= 0.6 is 0 Å². The van der Waals surface area contributed by atoms with Gasteiger partial charge in [0.25, 0.3) is 0 Å². The molecule has 4 nitrogen and oxygen atoms in total. The standard InChI is InChI=1S/C15H19N3O/c1-10-14(12-5-3-4-6-13(12)19-2)18-15(17-10)11-7-8-16-9-11/h3-6,11,16H,7-9H2,1-2H3,(H,17,18). The molecule has 1 aromatic heterocycles. The lowest BCUT2D eigenvalue weighted by atomic mass is 10.1. The summed E-state index contributed by atoms with van der Waals surface area (Å²) in [5.74, 6) is 2.46. The van der Waals surface area contributed by atoms with Gasteiger partial charge in [0.05, 0.1) is 12.8 Å². The Bertz CT molecular complexity index is 571. The molecule has 1 fully saturated rings. The molecular formula is C15H19N3O. The van der Waals surface area contributed by atoms with Gasteiger partial charge in [-0.05, 0) is 32.0 Å². The number of rotatable bonds is 3. The van der Waals surface area contributed by atoms with Crippen molar-refractivity contribution in [2.45, 2.75) is 19.3 Å². The molecule has 0 radical (unpaired) electrons. The third-order valence-electron chi connectivity index (χ3n) is 3.71. The fourth-order valence-electron chi connectivity index (χ4n) is 2.67. The summed E-state index contributed by atoms with van der Waals surface area (Å²) in [4.78, 5) is 8.22. The van der Waals surface area contributed by atoms with Gasteiger partial charge in [0.2, 0.25) is 0 Å². The third-order valence-corrected chi connectivity index (χ3v) is 3.71. The van der Waals surface area contributed by atoms with Crippen LogP contribution in [0.25, 0.3) is 11.3 Å². The van der Waals surface area contributed by atoms with E-state index in [1.165, 1.54) is 0 Å². The van der Waals surface area contributed by atoms with Crippen molar-refractivity contribution in [1.82, 2.24) is 15.3 Å². The minimum Gasteiger partial charge on any atom is -0.496 e. The Hall–Kier alpha value is -1.81. The summed E-state index contributed by atoms with van der Waals surface area (Å²) in [7, 11) is 1.70. The van der Waals surface area contributed by atoms with Crippen LogP contribution < -0.4 is 10.1 Å². The molecule has 0 aliphatic carbocycles. The van der Waals surface area contributed by atoms with Crippen molar-refractivity contribution >= 4 is 0 Å². The smallest absolute Gasteiger partial charge is 0.128 e. The van der Waals surface area contributed by atoms with E-state index in [1.54, 1.807) is 7.11 Å². The van der Waals surface area contributed by atoms with Crippen LogP contribution in [0.4, 0.5) is 0 Å². The molecule has 1 aliphatic heterocycles. The zero-order valence-electron chi connectivity index (χ0n) is 11.4. The normalized spacial score (nSPS) is 18.7. The molecule has 0 saturated carbocycles. The summed E-state index contributed by atoms with van der Waals surface area (Å²) in [6.07, 6.45) is 1.15. The molecule has 0 bridgehead atoms. The van der Waals surface area contributed by atoms with Crippen molar-refractivity contribution in [3.05, 3.63) is 35.8 Å². The zero-order chi connectivity index (χ0) is 13.2. The van der Waals surface area contributed by atoms with E-state index in [-0.39, 0.29) is 0 Å². The van der Waals surface area contributed by atoms with Gasteiger partial charge in [-0.3, -0.25) is 0 Å². The molecule has 0 spiro atoms. The molecule has 100 valence electrons. The first-order chi connectivity index (χ1) is 9.29. The number of benzene rings is 1. The Labute approximate surface area is 113 Å². The third kappa shape index (κ3) is 2.24. The van der Waals surface area contributed by atoms with Crippen LogP contribution in [0, 0.1) is 6.92 Å². The Balaban J connectivity index is 2.00. The molecule has 2 heterocycles. The maximum atomic E-state index is 5.42. The first kappa shape index (κ1) is 12.2. The van der Waals surface area contributed by atoms with E-state index < -0.39 is 0 Å². The Morgan fingerprint density at radius 1 is 1.32 bits per heavy atom. The summed E-state index contributed by atoms with van der Waals surface area (Å²) >= 11 is 0. The highest BCUT2D eigenvalue weighted by Crippen LogP contribution is 2.32. The maximum Gasteiger partial charge on any atom is 0.128 e.